The fraction of sp³-hybridized carbons (Fsp3) is 0.941. The van der Waals surface area contributed by atoms with Gasteiger partial charge >= 0.3 is 0 Å². The number of rotatable bonds is 3. The Morgan fingerprint density at radius 2 is 1.62 bits per heavy atom. The molecule has 1 aliphatic carbocycles. The number of amides is 1. The third-order valence-corrected chi connectivity index (χ3v) is 4.71. The maximum Gasteiger partial charge on any atom is 0.222 e. The Morgan fingerprint density at radius 1 is 1.10 bits per heavy atom. The van der Waals surface area contributed by atoms with Crippen molar-refractivity contribution in [2.75, 3.05) is 13.1 Å². The Labute approximate surface area is 129 Å². The maximum atomic E-state index is 12.5. The highest BCUT2D eigenvalue weighted by atomic mass is 16.5. The van der Waals surface area contributed by atoms with Crippen molar-refractivity contribution in [2.24, 2.45) is 11.7 Å². The molecule has 4 heteroatoms. The maximum absolute atomic E-state index is 12.5. The van der Waals surface area contributed by atoms with Crippen LogP contribution in [0.2, 0.25) is 0 Å². The van der Waals surface area contributed by atoms with E-state index in [0.717, 1.165) is 19.3 Å². The first-order valence-electron chi connectivity index (χ1n) is 8.40. The fourth-order valence-electron chi connectivity index (χ4n) is 3.93. The van der Waals surface area contributed by atoms with E-state index in [2.05, 4.69) is 27.7 Å². The van der Waals surface area contributed by atoms with Crippen LogP contribution < -0.4 is 5.73 Å². The van der Waals surface area contributed by atoms with Crippen LogP contribution in [0.1, 0.15) is 66.2 Å². The predicted molar refractivity (Wildman–Crippen MR) is 85.0 cm³/mol. The average molecular weight is 296 g/mol. The normalized spacial score (nSPS) is 32.0. The second kappa shape index (κ2) is 6.25. The first-order valence-corrected chi connectivity index (χ1v) is 8.40. The minimum absolute atomic E-state index is 0.255. The molecule has 2 aliphatic rings. The fourth-order valence-corrected chi connectivity index (χ4v) is 3.93. The van der Waals surface area contributed by atoms with Crippen molar-refractivity contribution in [3.63, 3.8) is 0 Å². The Balaban J connectivity index is 1.82. The minimum Gasteiger partial charge on any atom is -0.366 e. The molecule has 2 fully saturated rings. The molecule has 0 spiro atoms. The topological polar surface area (TPSA) is 55.6 Å². The number of nitrogens with two attached hydrogens (primary N) is 1. The summed E-state index contributed by atoms with van der Waals surface area (Å²) in [4.78, 5) is 14.5. The highest BCUT2D eigenvalue weighted by Crippen LogP contribution is 2.30. The molecule has 21 heavy (non-hydrogen) atoms. The predicted octanol–water partition coefficient (Wildman–Crippen LogP) is 2.70. The van der Waals surface area contributed by atoms with Crippen LogP contribution in [0.25, 0.3) is 0 Å². The van der Waals surface area contributed by atoms with Crippen molar-refractivity contribution in [1.29, 1.82) is 0 Å². The summed E-state index contributed by atoms with van der Waals surface area (Å²) >= 11 is 0. The first-order chi connectivity index (χ1) is 9.67. The Hall–Kier alpha value is -0.610. The lowest BCUT2D eigenvalue weighted by Gasteiger charge is -2.47. The smallest absolute Gasteiger partial charge is 0.222 e. The second-order valence-corrected chi connectivity index (χ2v) is 8.19. The second-order valence-electron chi connectivity index (χ2n) is 8.19. The van der Waals surface area contributed by atoms with Crippen LogP contribution in [0, 0.1) is 5.92 Å². The summed E-state index contributed by atoms with van der Waals surface area (Å²) in [6.45, 7) is 9.66. The number of carbonyl (C=O) groups excluding carboxylic acids is 1. The molecule has 2 N–H and O–H groups in total. The van der Waals surface area contributed by atoms with Crippen LogP contribution in [-0.2, 0) is 9.53 Å². The molecule has 0 atom stereocenters. The molecule has 1 amide bonds. The van der Waals surface area contributed by atoms with E-state index in [1.165, 1.54) is 12.8 Å². The van der Waals surface area contributed by atoms with Gasteiger partial charge in [-0.05, 0) is 65.7 Å². The van der Waals surface area contributed by atoms with Gasteiger partial charge in [0.25, 0.3) is 0 Å². The molecule has 0 aromatic rings. The lowest BCUT2D eigenvalue weighted by Crippen LogP contribution is -2.58. The molecule has 0 aromatic carbocycles. The number of nitrogens with zero attached hydrogens (tertiary/aromatic N) is 1. The van der Waals surface area contributed by atoms with Crippen molar-refractivity contribution in [3.05, 3.63) is 0 Å². The van der Waals surface area contributed by atoms with Gasteiger partial charge < -0.3 is 15.4 Å². The van der Waals surface area contributed by atoms with E-state index < -0.39 is 0 Å². The van der Waals surface area contributed by atoms with Gasteiger partial charge in [-0.25, -0.2) is 0 Å². The van der Waals surface area contributed by atoms with Gasteiger partial charge in [0.1, 0.15) is 0 Å². The Bertz CT molecular complexity index is 355. The van der Waals surface area contributed by atoms with Gasteiger partial charge in [0, 0.05) is 25.6 Å². The standard InChI is InChI=1S/C17H32N2O2/c1-16(2)11-19(12-17(3,4)21-16)15(20)10-7-13-5-8-14(18)9-6-13/h13-14H,5-12,18H2,1-4H3. The number of hydrogen-bond acceptors (Lipinski definition) is 3. The molecular weight excluding hydrogens is 264 g/mol. The summed E-state index contributed by atoms with van der Waals surface area (Å²) in [6.07, 6.45) is 6.31. The molecule has 0 unspecified atom stereocenters. The van der Waals surface area contributed by atoms with Crippen molar-refractivity contribution in [1.82, 2.24) is 4.90 Å². The van der Waals surface area contributed by atoms with E-state index in [9.17, 15) is 4.79 Å². The first kappa shape index (κ1) is 16.8. The van der Waals surface area contributed by atoms with E-state index in [-0.39, 0.29) is 17.1 Å². The van der Waals surface area contributed by atoms with Crippen LogP contribution >= 0.6 is 0 Å². The molecule has 1 saturated carbocycles. The van der Waals surface area contributed by atoms with Crippen molar-refractivity contribution < 1.29 is 9.53 Å². The largest absolute Gasteiger partial charge is 0.366 e. The number of carbonyl (C=O) groups is 1. The Morgan fingerprint density at radius 3 is 2.14 bits per heavy atom. The molecule has 0 aromatic heterocycles. The van der Waals surface area contributed by atoms with Gasteiger partial charge in [0.05, 0.1) is 11.2 Å². The third kappa shape index (κ3) is 4.96. The highest BCUT2D eigenvalue weighted by Gasteiger charge is 2.39. The van der Waals surface area contributed by atoms with E-state index in [1.807, 2.05) is 4.90 Å². The summed E-state index contributed by atoms with van der Waals surface area (Å²) < 4.78 is 6.04. The molecule has 122 valence electrons. The van der Waals surface area contributed by atoms with Crippen LogP contribution in [0.15, 0.2) is 0 Å². The molecule has 1 aliphatic heterocycles. The SMILES string of the molecule is CC1(C)CN(C(=O)CCC2CCC(N)CC2)CC(C)(C)O1. The van der Waals surface area contributed by atoms with Crippen LogP contribution in [0.5, 0.6) is 0 Å². The number of hydrogen-bond donors (Lipinski definition) is 1. The Kier molecular flexibility index (Phi) is 4.99. The monoisotopic (exact) mass is 296 g/mol. The zero-order valence-electron chi connectivity index (χ0n) is 14.2. The number of ether oxygens (including phenoxy) is 1. The summed E-state index contributed by atoms with van der Waals surface area (Å²) in [7, 11) is 0. The van der Waals surface area contributed by atoms with E-state index in [1.54, 1.807) is 0 Å². The van der Waals surface area contributed by atoms with Crippen LogP contribution in [0.3, 0.4) is 0 Å². The number of morpholine rings is 1. The zero-order chi connectivity index (χ0) is 15.7. The molecule has 0 radical (unpaired) electrons. The molecule has 1 saturated heterocycles. The lowest BCUT2D eigenvalue weighted by atomic mass is 9.83. The molecule has 4 nitrogen and oxygen atoms in total. The van der Waals surface area contributed by atoms with Gasteiger partial charge in [0.2, 0.25) is 5.91 Å². The van der Waals surface area contributed by atoms with E-state index in [4.69, 9.17) is 10.5 Å². The molecule has 2 rings (SSSR count). The quantitative estimate of drug-likeness (QED) is 0.871. The molecular formula is C17H32N2O2. The van der Waals surface area contributed by atoms with Crippen LogP contribution in [0.4, 0.5) is 0 Å². The van der Waals surface area contributed by atoms with Gasteiger partial charge in [-0.2, -0.15) is 0 Å². The lowest BCUT2D eigenvalue weighted by molar-refractivity contribution is -0.188. The summed E-state index contributed by atoms with van der Waals surface area (Å²) in [5, 5.41) is 0. The zero-order valence-corrected chi connectivity index (χ0v) is 14.2. The van der Waals surface area contributed by atoms with E-state index >= 15 is 0 Å². The highest BCUT2D eigenvalue weighted by molar-refractivity contribution is 5.76. The van der Waals surface area contributed by atoms with Crippen LogP contribution in [-0.4, -0.2) is 41.1 Å². The summed E-state index contributed by atoms with van der Waals surface area (Å²) in [5.74, 6) is 0.977. The summed E-state index contributed by atoms with van der Waals surface area (Å²) in [5.41, 5.74) is 5.43. The third-order valence-electron chi connectivity index (χ3n) is 4.71. The van der Waals surface area contributed by atoms with Gasteiger partial charge in [0.15, 0.2) is 0 Å². The minimum atomic E-state index is -0.255. The average Bonchev–Trinajstić information content (AvgIpc) is 2.34. The van der Waals surface area contributed by atoms with Gasteiger partial charge in [-0.1, -0.05) is 0 Å². The van der Waals surface area contributed by atoms with Crippen molar-refractivity contribution >= 4 is 5.91 Å². The summed E-state index contributed by atoms with van der Waals surface area (Å²) in [6, 6.07) is 0.387. The molecule has 0 bridgehead atoms. The van der Waals surface area contributed by atoms with Crippen molar-refractivity contribution in [2.45, 2.75) is 83.5 Å². The molecule has 1 heterocycles. The van der Waals surface area contributed by atoms with Gasteiger partial charge in [-0.15, -0.1) is 0 Å². The van der Waals surface area contributed by atoms with Gasteiger partial charge in [-0.3, -0.25) is 4.79 Å². The van der Waals surface area contributed by atoms with E-state index in [0.29, 0.717) is 31.5 Å². The van der Waals surface area contributed by atoms with Crippen molar-refractivity contribution in [3.8, 4) is 0 Å².